The Bertz CT molecular complexity index is 617. The van der Waals surface area contributed by atoms with Gasteiger partial charge in [-0.3, -0.25) is 19.8 Å². The maximum Gasteiger partial charge on any atom is 0.273 e. The Balaban J connectivity index is 0.00000208. The summed E-state index contributed by atoms with van der Waals surface area (Å²) in [5.74, 6) is -1.12. The molecule has 0 radical (unpaired) electrons. The van der Waals surface area contributed by atoms with Crippen molar-refractivity contribution in [3.63, 3.8) is 0 Å². The Morgan fingerprint density at radius 2 is 1.96 bits per heavy atom. The number of nitro groups is 1. The summed E-state index contributed by atoms with van der Waals surface area (Å²) in [5.41, 5.74) is -0.364. The maximum absolute atomic E-state index is 13.5. The molecule has 3 rings (SSSR count). The van der Waals surface area contributed by atoms with Crippen LogP contribution in [0.15, 0.2) is 18.2 Å². The Labute approximate surface area is 145 Å². The van der Waals surface area contributed by atoms with Crippen LogP contribution in [-0.2, 0) is 0 Å². The van der Waals surface area contributed by atoms with Crippen LogP contribution < -0.4 is 5.32 Å². The zero-order valence-corrected chi connectivity index (χ0v) is 13.9. The van der Waals surface area contributed by atoms with Gasteiger partial charge >= 0.3 is 0 Å². The average molecular weight is 359 g/mol. The number of hydrogen-bond donors (Lipinski definition) is 1. The number of nitrogens with one attached hydrogen (secondary N) is 1. The molecule has 0 aliphatic carbocycles. The molecule has 1 unspecified atom stereocenters. The molecule has 132 valence electrons. The maximum atomic E-state index is 13.5. The molecule has 0 bridgehead atoms. The quantitative estimate of drug-likeness (QED) is 0.650. The number of hydrogen-bond acceptors (Lipinski definition) is 5. The van der Waals surface area contributed by atoms with Crippen molar-refractivity contribution in [3.05, 3.63) is 39.7 Å². The van der Waals surface area contributed by atoms with E-state index in [9.17, 15) is 19.3 Å². The van der Waals surface area contributed by atoms with Gasteiger partial charge in [0.25, 0.3) is 11.6 Å². The Hall–Kier alpha value is -1.77. The molecular formula is C15H20ClFN4O3. The topological polar surface area (TPSA) is 78.7 Å². The lowest BCUT2D eigenvalue weighted by molar-refractivity contribution is -0.385. The number of nitro benzene ring substituents is 1. The Morgan fingerprint density at radius 1 is 1.25 bits per heavy atom. The number of amides is 1. The van der Waals surface area contributed by atoms with Crippen molar-refractivity contribution in [2.24, 2.45) is 0 Å². The van der Waals surface area contributed by atoms with E-state index in [1.54, 1.807) is 4.90 Å². The van der Waals surface area contributed by atoms with Gasteiger partial charge in [0.1, 0.15) is 5.82 Å². The van der Waals surface area contributed by atoms with E-state index in [0.29, 0.717) is 19.1 Å². The fourth-order valence-electron chi connectivity index (χ4n) is 3.23. The third kappa shape index (κ3) is 4.00. The number of non-ortho nitro benzene ring substituents is 1. The van der Waals surface area contributed by atoms with Crippen molar-refractivity contribution < 1.29 is 14.1 Å². The minimum absolute atomic E-state index is 0. The molecule has 7 nitrogen and oxygen atoms in total. The standard InChI is InChI=1S/C15H19FN4O3.ClH/c16-12-7-11(8-14(9-12)20(22)23)15(21)19-5-3-18(4-6-19)13-1-2-17-10-13;/h7-9,13,17H,1-6,10H2;1H. The van der Waals surface area contributed by atoms with Crippen LogP contribution in [0.25, 0.3) is 0 Å². The molecule has 0 saturated carbocycles. The zero-order valence-electron chi connectivity index (χ0n) is 13.1. The van der Waals surface area contributed by atoms with Crippen molar-refractivity contribution in [2.45, 2.75) is 12.5 Å². The highest BCUT2D eigenvalue weighted by Gasteiger charge is 2.28. The predicted molar refractivity (Wildman–Crippen MR) is 89.1 cm³/mol. The van der Waals surface area contributed by atoms with E-state index in [-0.39, 0.29) is 23.9 Å². The third-order valence-electron chi connectivity index (χ3n) is 4.49. The zero-order chi connectivity index (χ0) is 16.4. The molecular weight excluding hydrogens is 339 g/mol. The van der Waals surface area contributed by atoms with Crippen molar-refractivity contribution in [3.8, 4) is 0 Å². The fraction of sp³-hybridized carbons (Fsp3) is 0.533. The molecule has 1 aromatic carbocycles. The van der Waals surface area contributed by atoms with Gasteiger partial charge in [0.05, 0.1) is 11.0 Å². The highest BCUT2D eigenvalue weighted by atomic mass is 35.5. The second-order valence-corrected chi connectivity index (χ2v) is 5.93. The van der Waals surface area contributed by atoms with Crippen molar-refractivity contribution in [1.29, 1.82) is 0 Å². The molecule has 1 N–H and O–H groups in total. The van der Waals surface area contributed by atoms with Crippen LogP contribution in [0.3, 0.4) is 0 Å². The van der Waals surface area contributed by atoms with Gasteiger partial charge in [-0.15, -0.1) is 12.4 Å². The van der Waals surface area contributed by atoms with Gasteiger partial charge in [-0.1, -0.05) is 0 Å². The normalized spacial score (nSPS) is 21.4. The summed E-state index contributed by atoms with van der Waals surface area (Å²) >= 11 is 0. The van der Waals surface area contributed by atoms with Crippen LogP contribution in [-0.4, -0.2) is 65.9 Å². The second kappa shape index (κ2) is 7.87. The average Bonchev–Trinajstić information content (AvgIpc) is 3.08. The predicted octanol–water partition coefficient (Wildman–Crippen LogP) is 1.28. The van der Waals surface area contributed by atoms with Crippen LogP contribution in [0.1, 0.15) is 16.8 Å². The van der Waals surface area contributed by atoms with Crippen LogP contribution >= 0.6 is 12.4 Å². The van der Waals surface area contributed by atoms with E-state index in [1.807, 2.05) is 0 Å². The summed E-state index contributed by atoms with van der Waals surface area (Å²) in [6.07, 6.45) is 1.12. The van der Waals surface area contributed by atoms with Gasteiger partial charge in [-0.05, 0) is 19.0 Å². The first kappa shape index (κ1) is 18.6. The number of carbonyl (C=O) groups excluding carboxylic acids is 1. The minimum atomic E-state index is -0.766. The lowest BCUT2D eigenvalue weighted by atomic mass is 10.1. The lowest BCUT2D eigenvalue weighted by Gasteiger charge is -2.37. The Morgan fingerprint density at radius 3 is 2.54 bits per heavy atom. The van der Waals surface area contributed by atoms with E-state index >= 15 is 0 Å². The van der Waals surface area contributed by atoms with Crippen LogP contribution in [0, 0.1) is 15.9 Å². The van der Waals surface area contributed by atoms with E-state index < -0.39 is 16.4 Å². The van der Waals surface area contributed by atoms with Gasteiger partial charge in [0.2, 0.25) is 0 Å². The highest BCUT2D eigenvalue weighted by molar-refractivity contribution is 5.95. The molecule has 1 amide bonds. The number of nitrogens with zero attached hydrogens (tertiary/aromatic N) is 3. The minimum Gasteiger partial charge on any atom is -0.336 e. The first-order chi connectivity index (χ1) is 11.0. The molecule has 9 heteroatoms. The van der Waals surface area contributed by atoms with Gasteiger partial charge in [-0.25, -0.2) is 4.39 Å². The molecule has 1 atom stereocenters. The van der Waals surface area contributed by atoms with Crippen molar-refractivity contribution in [2.75, 3.05) is 39.3 Å². The number of piperazine rings is 1. The first-order valence-electron chi connectivity index (χ1n) is 7.73. The van der Waals surface area contributed by atoms with E-state index in [1.165, 1.54) is 0 Å². The molecule has 0 spiro atoms. The van der Waals surface area contributed by atoms with E-state index in [2.05, 4.69) is 10.2 Å². The van der Waals surface area contributed by atoms with Crippen LogP contribution in [0.4, 0.5) is 10.1 Å². The Kier molecular flexibility index (Phi) is 6.09. The number of rotatable bonds is 3. The summed E-state index contributed by atoms with van der Waals surface area (Å²) in [4.78, 5) is 26.6. The monoisotopic (exact) mass is 358 g/mol. The van der Waals surface area contributed by atoms with Crippen LogP contribution in [0.2, 0.25) is 0 Å². The fourth-order valence-corrected chi connectivity index (χ4v) is 3.23. The lowest BCUT2D eigenvalue weighted by Crippen LogP contribution is -2.52. The molecule has 2 aliphatic rings. The second-order valence-electron chi connectivity index (χ2n) is 5.93. The van der Waals surface area contributed by atoms with Gasteiger partial charge in [-0.2, -0.15) is 0 Å². The highest BCUT2D eigenvalue weighted by Crippen LogP contribution is 2.19. The molecule has 2 heterocycles. The van der Waals surface area contributed by atoms with E-state index in [4.69, 9.17) is 0 Å². The van der Waals surface area contributed by atoms with Crippen LogP contribution in [0.5, 0.6) is 0 Å². The van der Waals surface area contributed by atoms with Crippen molar-refractivity contribution >= 4 is 24.0 Å². The summed E-state index contributed by atoms with van der Waals surface area (Å²) in [6, 6.07) is 3.53. The summed E-state index contributed by atoms with van der Waals surface area (Å²) in [6.45, 7) is 4.66. The number of halogens is 2. The summed E-state index contributed by atoms with van der Waals surface area (Å²) < 4.78 is 13.5. The smallest absolute Gasteiger partial charge is 0.273 e. The van der Waals surface area contributed by atoms with Gasteiger partial charge in [0, 0.05) is 50.4 Å². The van der Waals surface area contributed by atoms with Crippen molar-refractivity contribution in [1.82, 2.24) is 15.1 Å². The summed E-state index contributed by atoms with van der Waals surface area (Å²) in [7, 11) is 0. The largest absolute Gasteiger partial charge is 0.336 e. The summed E-state index contributed by atoms with van der Waals surface area (Å²) in [5, 5.41) is 14.1. The number of carbonyl (C=O) groups is 1. The van der Waals surface area contributed by atoms with Gasteiger partial charge in [0.15, 0.2) is 0 Å². The third-order valence-corrected chi connectivity index (χ3v) is 4.49. The molecule has 2 saturated heterocycles. The van der Waals surface area contributed by atoms with Gasteiger partial charge < -0.3 is 10.2 Å². The van der Waals surface area contributed by atoms with E-state index in [0.717, 1.165) is 50.8 Å². The molecule has 24 heavy (non-hydrogen) atoms. The number of benzene rings is 1. The molecule has 2 fully saturated rings. The first-order valence-corrected chi connectivity index (χ1v) is 7.73. The SMILES string of the molecule is Cl.O=C(c1cc(F)cc([N+](=O)[O-])c1)N1CCN(C2CCNC2)CC1. The molecule has 1 aromatic rings. The molecule has 0 aromatic heterocycles. The molecule has 2 aliphatic heterocycles.